The fourth-order valence-electron chi connectivity index (χ4n) is 4.32. The molecular weight excluding hydrogens is 502 g/mol. The predicted octanol–water partition coefficient (Wildman–Crippen LogP) is 4.58. The molecule has 0 aliphatic heterocycles. The van der Waals surface area contributed by atoms with E-state index in [9.17, 15) is 18.0 Å². The Kier molecular flexibility index (Phi) is 11.6. The maximum absolute atomic E-state index is 13.6. The zero-order chi connectivity index (χ0) is 28.5. The second kappa shape index (κ2) is 14.2. The molecule has 2 amide bonds. The van der Waals surface area contributed by atoms with Crippen LogP contribution in [-0.4, -0.2) is 57.1 Å². The number of benzene rings is 2. The molecule has 0 aliphatic rings. The highest BCUT2D eigenvalue weighted by molar-refractivity contribution is 7.92. The summed E-state index contributed by atoms with van der Waals surface area (Å²) in [6.45, 7) is 10.1. The summed E-state index contributed by atoms with van der Waals surface area (Å²) >= 11 is 0. The van der Waals surface area contributed by atoms with Crippen LogP contribution in [0.5, 0.6) is 5.75 Å². The number of carbonyl (C=O) groups is 2. The summed E-state index contributed by atoms with van der Waals surface area (Å²) in [5.41, 5.74) is 3.35. The zero-order valence-electron chi connectivity index (χ0n) is 23.8. The molecule has 8 nitrogen and oxygen atoms in total. The van der Waals surface area contributed by atoms with E-state index in [1.54, 1.807) is 18.1 Å². The van der Waals surface area contributed by atoms with Crippen molar-refractivity contribution in [3.8, 4) is 5.75 Å². The highest BCUT2D eigenvalue weighted by Crippen LogP contribution is 2.26. The molecule has 0 spiro atoms. The van der Waals surface area contributed by atoms with Gasteiger partial charge >= 0.3 is 0 Å². The van der Waals surface area contributed by atoms with Crippen molar-refractivity contribution in [3.05, 3.63) is 59.2 Å². The molecule has 0 heterocycles. The third-order valence-corrected chi connectivity index (χ3v) is 8.05. The third kappa shape index (κ3) is 8.48. The fourth-order valence-corrected chi connectivity index (χ4v) is 5.33. The summed E-state index contributed by atoms with van der Waals surface area (Å²) in [7, 11) is -1.97. The minimum Gasteiger partial charge on any atom is -0.497 e. The Balaban J connectivity index is 2.28. The monoisotopic (exact) mass is 545 g/mol. The lowest BCUT2D eigenvalue weighted by Gasteiger charge is -2.32. The molecule has 210 valence electrons. The Morgan fingerprint density at radius 3 is 2.34 bits per heavy atom. The molecule has 0 aromatic heterocycles. The number of nitrogens with one attached hydrogen (secondary N) is 1. The minimum absolute atomic E-state index is 0.00814. The van der Waals surface area contributed by atoms with Gasteiger partial charge in [0.25, 0.3) is 0 Å². The van der Waals surface area contributed by atoms with Crippen LogP contribution >= 0.6 is 0 Å². The van der Waals surface area contributed by atoms with E-state index in [0.717, 1.165) is 23.1 Å². The first-order chi connectivity index (χ1) is 17.9. The normalized spacial score (nSPS) is 12.9. The van der Waals surface area contributed by atoms with Crippen molar-refractivity contribution in [2.45, 2.75) is 78.9 Å². The number of rotatable bonds is 14. The Morgan fingerprint density at radius 2 is 1.74 bits per heavy atom. The van der Waals surface area contributed by atoms with Crippen LogP contribution in [0.25, 0.3) is 0 Å². The summed E-state index contributed by atoms with van der Waals surface area (Å²) in [6.07, 6.45) is 2.84. The summed E-state index contributed by atoms with van der Waals surface area (Å²) < 4.78 is 32.0. The van der Waals surface area contributed by atoms with Gasteiger partial charge in [0.2, 0.25) is 21.8 Å². The quantitative estimate of drug-likeness (QED) is 0.375. The Hall–Kier alpha value is -3.07. The highest BCUT2D eigenvalue weighted by Gasteiger charge is 2.29. The van der Waals surface area contributed by atoms with Gasteiger partial charge in [-0.3, -0.25) is 13.9 Å². The van der Waals surface area contributed by atoms with E-state index in [1.165, 1.54) is 10.6 Å². The van der Waals surface area contributed by atoms with Crippen LogP contribution in [0.2, 0.25) is 0 Å². The molecule has 2 aromatic rings. The van der Waals surface area contributed by atoms with E-state index >= 15 is 0 Å². The summed E-state index contributed by atoms with van der Waals surface area (Å²) in [5, 5.41) is 3.01. The van der Waals surface area contributed by atoms with Gasteiger partial charge < -0.3 is 15.0 Å². The number of anilines is 1. The van der Waals surface area contributed by atoms with Crippen molar-refractivity contribution in [2.24, 2.45) is 0 Å². The second-order valence-corrected chi connectivity index (χ2v) is 11.7. The lowest BCUT2D eigenvalue weighted by atomic mass is 10.1. The maximum atomic E-state index is 13.6. The first-order valence-corrected chi connectivity index (χ1v) is 15.0. The van der Waals surface area contributed by atoms with Gasteiger partial charge in [0.05, 0.1) is 19.1 Å². The standard InChI is InChI=1S/C29H43N3O5S/c1-8-22(4)30-29(34)26(9-2)31(20-24-14-11-15-25(19-24)37-6)28(33)17-12-18-32(38(7,35)36)27-16-10-13-21(3)23(27)5/h10-11,13-16,19,22,26H,8-9,12,17-18,20H2,1-7H3,(H,30,34)/t22-,26+/m1/s1. The number of aryl methyl sites for hydroxylation is 1. The van der Waals surface area contributed by atoms with Gasteiger partial charge in [-0.15, -0.1) is 0 Å². The van der Waals surface area contributed by atoms with Gasteiger partial charge in [0.1, 0.15) is 11.8 Å². The molecule has 0 radical (unpaired) electrons. The topological polar surface area (TPSA) is 96.0 Å². The molecule has 0 unspecified atom stereocenters. The lowest BCUT2D eigenvalue weighted by molar-refractivity contribution is -0.141. The summed E-state index contributed by atoms with van der Waals surface area (Å²) in [5.74, 6) is 0.281. The zero-order valence-corrected chi connectivity index (χ0v) is 24.6. The molecule has 0 saturated heterocycles. The van der Waals surface area contributed by atoms with E-state index in [1.807, 2.05) is 71.0 Å². The number of methoxy groups -OCH3 is 1. The molecule has 0 bridgehead atoms. The van der Waals surface area contributed by atoms with Crippen LogP contribution in [0.1, 0.15) is 63.1 Å². The van der Waals surface area contributed by atoms with Crippen LogP contribution in [-0.2, 0) is 26.2 Å². The lowest BCUT2D eigenvalue weighted by Crippen LogP contribution is -2.50. The van der Waals surface area contributed by atoms with E-state index in [4.69, 9.17) is 4.74 Å². The van der Waals surface area contributed by atoms with E-state index in [-0.39, 0.29) is 37.4 Å². The fraction of sp³-hybridized carbons (Fsp3) is 0.517. The molecule has 0 saturated carbocycles. The number of nitrogens with zero attached hydrogens (tertiary/aromatic N) is 2. The van der Waals surface area contributed by atoms with Crippen molar-refractivity contribution >= 4 is 27.5 Å². The molecule has 38 heavy (non-hydrogen) atoms. The molecule has 9 heteroatoms. The molecular formula is C29H43N3O5S. The number of amides is 2. The van der Waals surface area contributed by atoms with Gasteiger partial charge in [-0.1, -0.05) is 38.1 Å². The maximum Gasteiger partial charge on any atom is 0.243 e. The number of sulfonamides is 1. The Bertz CT molecular complexity index is 1200. The van der Waals surface area contributed by atoms with Gasteiger partial charge in [0, 0.05) is 25.6 Å². The van der Waals surface area contributed by atoms with E-state index in [2.05, 4.69) is 5.32 Å². The average molecular weight is 546 g/mol. The smallest absolute Gasteiger partial charge is 0.243 e. The summed E-state index contributed by atoms with van der Waals surface area (Å²) in [4.78, 5) is 28.4. The number of hydrogen-bond donors (Lipinski definition) is 1. The average Bonchev–Trinajstić information content (AvgIpc) is 2.87. The first kappa shape index (κ1) is 31.1. The van der Waals surface area contributed by atoms with Crippen molar-refractivity contribution < 1.29 is 22.7 Å². The van der Waals surface area contributed by atoms with Crippen LogP contribution in [0.4, 0.5) is 5.69 Å². The number of ether oxygens (including phenoxy) is 1. The molecule has 2 rings (SSSR count). The number of carbonyl (C=O) groups excluding carboxylic acids is 2. The van der Waals surface area contributed by atoms with Crippen LogP contribution in [0.15, 0.2) is 42.5 Å². The second-order valence-electron chi connectivity index (χ2n) is 9.77. The first-order valence-electron chi connectivity index (χ1n) is 13.2. The molecule has 0 fully saturated rings. The summed E-state index contributed by atoms with van der Waals surface area (Å²) in [6, 6.07) is 12.3. The van der Waals surface area contributed by atoms with Gasteiger partial charge in [-0.05, 0) is 74.9 Å². The van der Waals surface area contributed by atoms with Gasteiger partial charge in [-0.25, -0.2) is 8.42 Å². The predicted molar refractivity (Wildman–Crippen MR) is 153 cm³/mol. The van der Waals surface area contributed by atoms with E-state index in [0.29, 0.717) is 24.3 Å². The SMILES string of the molecule is CC[C@@H](C)NC(=O)[C@H](CC)N(Cc1cccc(OC)c1)C(=O)CCCN(c1cccc(C)c1C)S(C)(=O)=O. The van der Waals surface area contributed by atoms with Crippen LogP contribution in [0.3, 0.4) is 0 Å². The van der Waals surface area contributed by atoms with Crippen molar-refractivity contribution in [1.82, 2.24) is 10.2 Å². The Morgan fingerprint density at radius 1 is 1.05 bits per heavy atom. The van der Waals surface area contributed by atoms with E-state index < -0.39 is 16.1 Å². The molecule has 2 atom stereocenters. The highest BCUT2D eigenvalue weighted by atomic mass is 32.2. The molecule has 0 aliphatic carbocycles. The van der Waals surface area contributed by atoms with Gasteiger partial charge in [-0.2, -0.15) is 0 Å². The van der Waals surface area contributed by atoms with Crippen molar-refractivity contribution in [3.63, 3.8) is 0 Å². The number of hydrogen-bond acceptors (Lipinski definition) is 5. The minimum atomic E-state index is -3.55. The molecule has 1 N–H and O–H groups in total. The third-order valence-electron chi connectivity index (χ3n) is 6.87. The largest absolute Gasteiger partial charge is 0.497 e. The van der Waals surface area contributed by atoms with Crippen molar-refractivity contribution in [2.75, 3.05) is 24.2 Å². The Labute approximate surface area is 228 Å². The van der Waals surface area contributed by atoms with Crippen LogP contribution < -0.4 is 14.4 Å². The van der Waals surface area contributed by atoms with Crippen LogP contribution in [0, 0.1) is 13.8 Å². The molecule has 2 aromatic carbocycles. The van der Waals surface area contributed by atoms with Gasteiger partial charge in [0.15, 0.2) is 0 Å². The van der Waals surface area contributed by atoms with Crippen molar-refractivity contribution in [1.29, 1.82) is 0 Å².